The first-order valence-corrected chi connectivity index (χ1v) is 13.5. The minimum atomic E-state index is -1.36. The molecule has 0 amide bonds. The highest BCUT2D eigenvalue weighted by atomic mass is 28.3. The SMILES string of the molecule is C[Si](C)(C)Cc1cc([Si](C)(C)C)n(CCO)n1. The molecule has 17 heavy (non-hydrogen) atoms. The average molecular weight is 271 g/mol. The fourth-order valence-electron chi connectivity index (χ4n) is 1.97. The molecule has 0 bridgehead atoms. The van der Waals surface area contributed by atoms with Crippen molar-refractivity contribution in [2.45, 2.75) is 51.9 Å². The van der Waals surface area contributed by atoms with Crippen LogP contribution in [-0.4, -0.2) is 37.6 Å². The van der Waals surface area contributed by atoms with Crippen molar-refractivity contribution in [3.8, 4) is 0 Å². The highest BCUT2D eigenvalue weighted by molar-refractivity contribution is 6.88. The van der Waals surface area contributed by atoms with E-state index in [1.165, 1.54) is 11.0 Å². The maximum absolute atomic E-state index is 9.11. The molecule has 0 unspecified atom stereocenters. The van der Waals surface area contributed by atoms with Crippen LogP contribution in [0, 0.1) is 0 Å². The Labute approximate surface area is 107 Å². The average Bonchev–Trinajstić information content (AvgIpc) is 2.44. The van der Waals surface area contributed by atoms with Crippen molar-refractivity contribution in [2.24, 2.45) is 0 Å². The van der Waals surface area contributed by atoms with Gasteiger partial charge in [-0.05, 0) is 12.1 Å². The van der Waals surface area contributed by atoms with E-state index in [1.807, 2.05) is 4.68 Å². The summed E-state index contributed by atoms with van der Waals surface area (Å²) < 4.78 is 2.03. The Kier molecular flexibility index (Phi) is 4.38. The molecule has 3 nitrogen and oxygen atoms in total. The summed E-state index contributed by atoms with van der Waals surface area (Å²) in [5, 5.41) is 15.2. The molecule has 1 heterocycles. The van der Waals surface area contributed by atoms with E-state index in [0.29, 0.717) is 6.54 Å². The highest BCUT2D eigenvalue weighted by Crippen LogP contribution is 2.11. The summed E-state index contributed by atoms with van der Waals surface area (Å²) in [5.74, 6) is 0. The van der Waals surface area contributed by atoms with E-state index in [4.69, 9.17) is 5.11 Å². The normalized spacial score (nSPS) is 13.1. The maximum atomic E-state index is 9.11. The van der Waals surface area contributed by atoms with E-state index in [2.05, 4.69) is 50.4 Å². The Morgan fingerprint density at radius 2 is 1.76 bits per heavy atom. The zero-order valence-electron chi connectivity index (χ0n) is 12.0. The molecule has 0 aliphatic carbocycles. The van der Waals surface area contributed by atoms with Gasteiger partial charge in [0, 0.05) is 5.32 Å². The van der Waals surface area contributed by atoms with Crippen molar-refractivity contribution in [3.63, 3.8) is 0 Å². The molecule has 1 aromatic rings. The highest BCUT2D eigenvalue weighted by Gasteiger charge is 2.24. The van der Waals surface area contributed by atoms with E-state index in [0.717, 1.165) is 6.04 Å². The van der Waals surface area contributed by atoms with E-state index in [1.54, 1.807) is 0 Å². The number of hydrogen-bond acceptors (Lipinski definition) is 2. The van der Waals surface area contributed by atoms with Gasteiger partial charge in [0.2, 0.25) is 0 Å². The predicted molar refractivity (Wildman–Crippen MR) is 79.3 cm³/mol. The zero-order valence-corrected chi connectivity index (χ0v) is 14.0. The molecule has 1 N–H and O–H groups in total. The Morgan fingerprint density at radius 3 is 2.18 bits per heavy atom. The van der Waals surface area contributed by atoms with Gasteiger partial charge in [-0.3, -0.25) is 4.68 Å². The van der Waals surface area contributed by atoms with Crippen LogP contribution < -0.4 is 5.32 Å². The monoisotopic (exact) mass is 270 g/mol. The van der Waals surface area contributed by atoms with Crippen LogP contribution in [0.2, 0.25) is 39.3 Å². The molecule has 0 radical (unpaired) electrons. The van der Waals surface area contributed by atoms with Gasteiger partial charge in [0.1, 0.15) is 8.07 Å². The van der Waals surface area contributed by atoms with E-state index in [-0.39, 0.29) is 6.61 Å². The first kappa shape index (κ1) is 14.7. The summed E-state index contributed by atoms with van der Waals surface area (Å²) in [6, 6.07) is 3.41. The second-order valence-corrected chi connectivity index (χ2v) is 17.4. The molecular formula is C12H26N2OSi2. The molecule has 0 saturated carbocycles. The Balaban J connectivity index is 3.04. The molecule has 0 aromatic carbocycles. The summed E-state index contributed by atoms with van der Waals surface area (Å²) in [7, 11) is -2.48. The van der Waals surface area contributed by atoms with Gasteiger partial charge in [-0.25, -0.2) is 0 Å². The molecule has 0 aliphatic rings. The van der Waals surface area contributed by atoms with Crippen LogP contribution in [0.3, 0.4) is 0 Å². The predicted octanol–water partition coefficient (Wildman–Crippen LogP) is 1.84. The minimum absolute atomic E-state index is 0.172. The molecule has 1 aromatic heterocycles. The van der Waals surface area contributed by atoms with Gasteiger partial charge < -0.3 is 5.11 Å². The quantitative estimate of drug-likeness (QED) is 0.829. The van der Waals surface area contributed by atoms with E-state index in [9.17, 15) is 0 Å². The largest absolute Gasteiger partial charge is 0.394 e. The number of nitrogens with zero attached hydrogens (tertiary/aromatic N) is 2. The summed E-state index contributed by atoms with van der Waals surface area (Å²) in [4.78, 5) is 0. The van der Waals surface area contributed by atoms with Crippen LogP contribution in [0.25, 0.3) is 0 Å². The maximum Gasteiger partial charge on any atom is 0.101 e. The fourth-order valence-corrected chi connectivity index (χ4v) is 4.76. The van der Waals surface area contributed by atoms with Crippen molar-refractivity contribution >= 4 is 21.5 Å². The number of aromatic nitrogens is 2. The van der Waals surface area contributed by atoms with Gasteiger partial charge in [0.15, 0.2) is 0 Å². The summed E-state index contributed by atoms with van der Waals surface area (Å²) in [6.45, 7) is 14.9. The molecule has 0 saturated heterocycles. The lowest BCUT2D eigenvalue weighted by atomic mass is 10.5. The zero-order chi connectivity index (χ0) is 13.3. The molecule has 1 rings (SSSR count). The third kappa shape index (κ3) is 4.40. The lowest BCUT2D eigenvalue weighted by Crippen LogP contribution is -2.43. The number of aliphatic hydroxyl groups is 1. The fraction of sp³-hybridized carbons (Fsp3) is 0.750. The summed E-state index contributed by atoms with van der Waals surface area (Å²) >= 11 is 0. The smallest absolute Gasteiger partial charge is 0.101 e. The molecule has 0 atom stereocenters. The van der Waals surface area contributed by atoms with Crippen molar-refractivity contribution in [1.82, 2.24) is 9.78 Å². The van der Waals surface area contributed by atoms with Gasteiger partial charge >= 0.3 is 0 Å². The van der Waals surface area contributed by atoms with Crippen molar-refractivity contribution in [3.05, 3.63) is 11.8 Å². The van der Waals surface area contributed by atoms with Gasteiger partial charge in [0.25, 0.3) is 0 Å². The Bertz CT molecular complexity index is 375. The van der Waals surface area contributed by atoms with Crippen molar-refractivity contribution in [2.75, 3.05) is 6.61 Å². The third-order valence-corrected chi connectivity index (χ3v) is 5.98. The molecular weight excluding hydrogens is 244 g/mol. The second-order valence-electron chi connectivity index (χ2n) is 6.96. The van der Waals surface area contributed by atoms with Gasteiger partial charge in [-0.15, -0.1) is 0 Å². The molecule has 98 valence electrons. The molecule has 0 spiro atoms. The minimum Gasteiger partial charge on any atom is -0.394 e. The number of aliphatic hydroxyl groups excluding tert-OH is 1. The van der Waals surface area contributed by atoms with Crippen molar-refractivity contribution < 1.29 is 5.11 Å². The second kappa shape index (κ2) is 5.08. The first-order valence-electron chi connectivity index (χ1n) is 6.31. The van der Waals surface area contributed by atoms with Crippen LogP contribution in [0.4, 0.5) is 0 Å². The van der Waals surface area contributed by atoms with Gasteiger partial charge in [0.05, 0.1) is 26.9 Å². The van der Waals surface area contributed by atoms with Gasteiger partial charge in [-0.2, -0.15) is 5.10 Å². The lowest BCUT2D eigenvalue weighted by Gasteiger charge is -2.17. The molecule has 0 aliphatic heterocycles. The Morgan fingerprint density at radius 1 is 1.18 bits per heavy atom. The molecule has 5 heteroatoms. The van der Waals surface area contributed by atoms with Crippen LogP contribution in [-0.2, 0) is 12.6 Å². The van der Waals surface area contributed by atoms with E-state index < -0.39 is 16.1 Å². The standard InChI is InChI=1S/C12H26N2OSi2/c1-16(2,3)10-11-9-12(17(4,5)6)14(13-11)7-8-15/h9,15H,7-8,10H2,1-6H3. The topological polar surface area (TPSA) is 38.0 Å². The first-order chi connectivity index (χ1) is 7.63. The van der Waals surface area contributed by atoms with Crippen molar-refractivity contribution in [1.29, 1.82) is 0 Å². The van der Waals surface area contributed by atoms with Crippen LogP contribution in [0.1, 0.15) is 5.69 Å². The third-order valence-electron chi connectivity index (χ3n) is 2.62. The van der Waals surface area contributed by atoms with Gasteiger partial charge in [-0.1, -0.05) is 39.3 Å². The summed E-state index contributed by atoms with van der Waals surface area (Å²) in [5.41, 5.74) is 1.22. The summed E-state index contributed by atoms with van der Waals surface area (Å²) in [6.07, 6.45) is 0. The number of hydrogen-bond donors (Lipinski definition) is 1. The number of rotatable bonds is 5. The molecule has 0 fully saturated rings. The van der Waals surface area contributed by atoms with Crippen LogP contribution in [0.5, 0.6) is 0 Å². The van der Waals surface area contributed by atoms with Crippen LogP contribution >= 0.6 is 0 Å². The lowest BCUT2D eigenvalue weighted by molar-refractivity contribution is 0.270. The van der Waals surface area contributed by atoms with E-state index >= 15 is 0 Å². The Hall–Kier alpha value is -0.396. The van der Waals surface area contributed by atoms with Crippen LogP contribution in [0.15, 0.2) is 6.07 Å².